The summed E-state index contributed by atoms with van der Waals surface area (Å²) in [5.41, 5.74) is 2.38. The lowest BCUT2D eigenvalue weighted by atomic mass is 9.98. The van der Waals surface area contributed by atoms with E-state index in [0.29, 0.717) is 46.9 Å². The van der Waals surface area contributed by atoms with Gasteiger partial charge >= 0.3 is 0 Å². The van der Waals surface area contributed by atoms with Crippen LogP contribution in [0.2, 0.25) is 5.02 Å². The molecule has 4 aromatic rings. The molecule has 0 fully saturated rings. The molecule has 0 saturated heterocycles. The van der Waals surface area contributed by atoms with Crippen LogP contribution >= 0.6 is 11.6 Å². The van der Waals surface area contributed by atoms with Crippen molar-refractivity contribution in [3.8, 4) is 5.75 Å². The van der Waals surface area contributed by atoms with Crippen molar-refractivity contribution in [2.75, 3.05) is 13.2 Å². The zero-order valence-electron chi connectivity index (χ0n) is 18.8. The number of hydrogen-bond acceptors (Lipinski definition) is 4. The molecule has 0 aliphatic carbocycles. The summed E-state index contributed by atoms with van der Waals surface area (Å²) in [6.45, 7) is 3.07. The highest BCUT2D eigenvalue weighted by Gasteiger charge is 2.42. The number of carbonyl (C=O) groups excluding carboxylic acids is 1. The van der Waals surface area contributed by atoms with Crippen molar-refractivity contribution in [1.82, 2.24) is 4.90 Å². The molecular weight excluding hydrogens is 450 g/mol. The van der Waals surface area contributed by atoms with E-state index < -0.39 is 6.04 Å². The first kappa shape index (κ1) is 22.2. The summed E-state index contributed by atoms with van der Waals surface area (Å²) in [6.07, 6.45) is 1.54. The Bertz CT molecular complexity index is 1410. The smallest absolute Gasteiger partial charge is 0.290 e. The van der Waals surface area contributed by atoms with Crippen LogP contribution in [0.4, 0.5) is 0 Å². The van der Waals surface area contributed by atoms with Gasteiger partial charge in [0.15, 0.2) is 5.43 Å². The van der Waals surface area contributed by atoms with Crippen molar-refractivity contribution in [1.29, 1.82) is 0 Å². The highest BCUT2D eigenvalue weighted by molar-refractivity contribution is 6.31. The quantitative estimate of drug-likeness (QED) is 0.329. The van der Waals surface area contributed by atoms with Crippen molar-refractivity contribution in [2.24, 2.45) is 0 Å². The van der Waals surface area contributed by atoms with E-state index in [1.807, 2.05) is 61.5 Å². The number of ether oxygens (including phenoxy) is 1. The average molecular weight is 474 g/mol. The highest BCUT2D eigenvalue weighted by Crippen LogP contribution is 2.39. The monoisotopic (exact) mass is 473 g/mol. The molecule has 5 nitrogen and oxygen atoms in total. The predicted molar refractivity (Wildman–Crippen MR) is 133 cm³/mol. The third-order valence-electron chi connectivity index (χ3n) is 6.06. The van der Waals surface area contributed by atoms with E-state index in [1.165, 1.54) is 0 Å². The Balaban J connectivity index is 1.63. The molecule has 2 heterocycles. The number of carbonyl (C=O) groups is 1. The summed E-state index contributed by atoms with van der Waals surface area (Å²) >= 11 is 6.16. The molecule has 1 atom stereocenters. The number of nitrogens with zero attached hydrogens (tertiary/aromatic N) is 1. The number of hydrogen-bond donors (Lipinski definition) is 0. The summed E-state index contributed by atoms with van der Waals surface area (Å²) in [4.78, 5) is 28.9. The van der Waals surface area contributed by atoms with Gasteiger partial charge in [-0.15, -0.1) is 0 Å². The van der Waals surface area contributed by atoms with Gasteiger partial charge in [-0.25, -0.2) is 0 Å². The van der Waals surface area contributed by atoms with E-state index in [1.54, 1.807) is 23.1 Å². The van der Waals surface area contributed by atoms with Gasteiger partial charge in [-0.05, 0) is 54.3 Å². The fraction of sp³-hybridized carbons (Fsp3) is 0.214. The second-order valence-corrected chi connectivity index (χ2v) is 8.81. The van der Waals surface area contributed by atoms with Crippen LogP contribution in [0, 0.1) is 0 Å². The van der Waals surface area contributed by atoms with Gasteiger partial charge in [-0.1, -0.05) is 61.0 Å². The SMILES string of the molecule is CCCOc1cccc([C@@H]2c3c(oc4ccc(Cl)cc4c3=O)C(=O)N2CCc2ccccc2)c1. The fourth-order valence-electron chi connectivity index (χ4n) is 4.46. The number of rotatable bonds is 7. The van der Waals surface area contributed by atoms with E-state index >= 15 is 0 Å². The molecule has 0 unspecified atom stereocenters. The van der Waals surface area contributed by atoms with Crippen LogP contribution in [0.25, 0.3) is 11.0 Å². The van der Waals surface area contributed by atoms with Gasteiger partial charge in [0.2, 0.25) is 5.76 Å². The lowest BCUT2D eigenvalue weighted by Gasteiger charge is -2.25. The van der Waals surface area contributed by atoms with Crippen molar-refractivity contribution >= 4 is 28.5 Å². The fourth-order valence-corrected chi connectivity index (χ4v) is 4.63. The van der Waals surface area contributed by atoms with Crippen molar-refractivity contribution in [2.45, 2.75) is 25.8 Å². The molecule has 0 radical (unpaired) electrons. The van der Waals surface area contributed by atoms with Gasteiger partial charge in [-0.2, -0.15) is 0 Å². The van der Waals surface area contributed by atoms with Gasteiger partial charge < -0.3 is 14.1 Å². The van der Waals surface area contributed by atoms with E-state index in [9.17, 15) is 9.59 Å². The molecule has 5 rings (SSSR count). The lowest BCUT2D eigenvalue weighted by molar-refractivity contribution is 0.0730. The van der Waals surface area contributed by atoms with Crippen molar-refractivity contribution in [3.05, 3.63) is 110 Å². The number of amides is 1. The van der Waals surface area contributed by atoms with Crippen LogP contribution < -0.4 is 10.2 Å². The molecule has 1 aromatic heterocycles. The first-order chi connectivity index (χ1) is 16.6. The molecule has 1 amide bonds. The largest absolute Gasteiger partial charge is 0.494 e. The third-order valence-corrected chi connectivity index (χ3v) is 6.29. The summed E-state index contributed by atoms with van der Waals surface area (Å²) in [7, 11) is 0. The number of halogens is 1. The van der Waals surface area contributed by atoms with Gasteiger partial charge in [0.1, 0.15) is 11.3 Å². The molecular formula is C28H24ClNO4. The van der Waals surface area contributed by atoms with Crippen LogP contribution in [-0.4, -0.2) is 24.0 Å². The molecule has 0 spiro atoms. The van der Waals surface area contributed by atoms with E-state index in [-0.39, 0.29) is 17.1 Å². The van der Waals surface area contributed by atoms with Crippen LogP contribution in [0.3, 0.4) is 0 Å². The molecule has 6 heteroatoms. The zero-order chi connectivity index (χ0) is 23.7. The molecule has 3 aromatic carbocycles. The first-order valence-corrected chi connectivity index (χ1v) is 11.8. The summed E-state index contributed by atoms with van der Waals surface area (Å²) in [5.74, 6) is 0.513. The molecule has 0 bridgehead atoms. The zero-order valence-corrected chi connectivity index (χ0v) is 19.5. The molecule has 0 N–H and O–H groups in total. The Labute approximate surface area is 202 Å². The van der Waals surface area contributed by atoms with E-state index in [0.717, 1.165) is 17.5 Å². The third kappa shape index (κ3) is 4.08. The van der Waals surface area contributed by atoms with Gasteiger partial charge in [0.25, 0.3) is 5.91 Å². The minimum Gasteiger partial charge on any atom is -0.494 e. The Kier molecular flexibility index (Phi) is 6.12. The minimum atomic E-state index is -0.573. The molecule has 1 aliphatic heterocycles. The second kappa shape index (κ2) is 9.35. The lowest BCUT2D eigenvalue weighted by Crippen LogP contribution is -2.31. The van der Waals surface area contributed by atoms with E-state index in [2.05, 4.69) is 0 Å². The van der Waals surface area contributed by atoms with Crippen LogP contribution in [0.5, 0.6) is 5.75 Å². The predicted octanol–water partition coefficient (Wildman–Crippen LogP) is 6.02. The molecule has 0 saturated carbocycles. The van der Waals surface area contributed by atoms with Crippen LogP contribution in [0.15, 0.2) is 82.0 Å². The molecule has 172 valence electrons. The van der Waals surface area contributed by atoms with Gasteiger partial charge in [0, 0.05) is 11.6 Å². The van der Waals surface area contributed by atoms with Crippen molar-refractivity contribution in [3.63, 3.8) is 0 Å². The minimum absolute atomic E-state index is 0.0952. The second-order valence-electron chi connectivity index (χ2n) is 8.37. The Morgan fingerprint density at radius 3 is 2.62 bits per heavy atom. The maximum atomic E-state index is 13.6. The van der Waals surface area contributed by atoms with Gasteiger partial charge in [0.05, 0.1) is 23.6 Å². The number of benzene rings is 3. The van der Waals surface area contributed by atoms with E-state index in [4.69, 9.17) is 20.8 Å². The molecule has 34 heavy (non-hydrogen) atoms. The maximum absolute atomic E-state index is 13.6. The number of fused-ring (bicyclic) bond motifs is 2. The van der Waals surface area contributed by atoms with Crippen LogP contribution in [-0.2, 0) is 6.42 Å². The normalized spacial score (nSPS) is 15.1. The Morgan fingerprint density at radius 2 is 1.82 bits per heavy atom. The van der Waals surface area contributed by atoms with Crippen LogP contribution in [0.1, 0.15) is 46.6 Å². The summed E-state index contributed by atoms with van der Waals surface area (Å²) in [5, 5.41) is 0.809. The maximum Gasteiger partial charge on any atom is 0.290 e. The van der Waals surface area contributed by atoms with Gasteiger partial charge in [-0.3, -0.25) is 9.59 Å². The topological polar surface area (TPSA) is 59.8 Å². The standard InChI is InChI=1S/C28H24ClNO4/c1-2-15-33-21-10-6-9-19(16-21)25-24-26(31)22-17-20(29)11-12-23(22)34-27(24)28(32)30(25)14-13-18-7-4-3-5-8-18/h3-12,16-17,25H,2,13-15H2,1H3/t25-/m1/s1. The highest BCUT2D eigenvalue weighted by atomic mass is 35.5. The summed E-state index contributed by atoms with van der Waals surface area (Å²) in [6, 6.07) is 21.9. The Morgan fingerprint density at radius 1 is 1.00 bits per heavy atom. The average Bonchev–Trinajstić information content (AvgIpc) is 3.14. The summed E-state index contributed by atoms with van der Waals surface area (Å²) < 4.78 is 11.8. The van der Waals surface area contributed by atoms with Crippen molar-refractivity contribution < 1.29 is 13.9 Å². The Hall–Kier alpha value is -3.57. The molecule has 1 aliphatic rings. The first-order valence-electron chi connectivity index (χ1n) is 11.4.